The molecule has 3 unspecified atom stereocenters. The van der Waals surface area contributed by atoms with Crippen molar-refractivity contribution < 1.29 is 14.2 Å². The van der Waals surface area contributed by atoms with Crippen molar-refractivity contribution in [3.63, 3.8) is 0 Å². The van der Waals surface area contributed by atoms with E-state index in [1.54, 1.807) is 14.2 Å². The zero-order chi connectivity index (χ0) is 14.0. The normalized spacial score (nSPS) is 23.0. The summed E-state index contributed by atoms with van der Waals surface area (Å²) in [6, 6.07) is 3.82. The van der Waals surface area contributed by atoms with Crippen LogP contribution in [0.25, 0.3) is 0 Å². The Morgan fingerprint density at radius 2 is 1.89 bits per heavy atom. The SMILES string of the molecule is CCC(CC1OC1C)c1cc(OC)c(Cl)cc1OC. The van der Waals surface area contributed by atoms with Gasteiger partial charge in [-0.15, -0.1) is 0 Å². The highest BCUT2D eigenvalue weighted by Crippen LogP contribution is 2.41. The van der Waals surface area contributed by atoms with Crippen molar-refractivity contribution in [2.75, 3.05) is 14.2 Å². The van der Waals surface area contributed by atoms with Crippen molar-refractivity contribution in [3.8, 4) is 11.5 Å². The number of hydrogen-bond donors (Lipinski definition) is 0. The van der Waals surface area contributed by atoms with E-state index >= 15 is 0 Å². The van der Waals surface area contributed by atoms with Gasteiger partial charge in [-0.1, -0.05) is 18.5 Å². The molecule has 3 atom stereocenters. The summed E-state index contributed by atoms with van der Waals surface area (Å²) < 4.78 is 16.3. The van der Waals surface area contributed by atoms with E-state index in [1.807, 2.05) is 12.1 Å². The van der Waals surface area contributed by atoms with E-state index in [1.165, 1.54) is 0 Å². The first kappa shape index (κ1) is 14.5. The summed E-state index contributed by atoms with van der Waals surface area (Å²) >= 11 is 6.14. The second-order valence-corrected chi connectivity index (χ2v) is 5.36. The molecule has 1 aliphatic heterocycles. The zero-order valence-electron chi connectivity index (χ0n) is 11.9. The van der Waals surface area contributed by atoms with Crippen LogP contribution in [-0.2, 0) is 4.74 Å². The van der Waals surface area contributed by atoms with Crippen LogP contribution in [0.4, 0.5) is 0 Å². The first-order valence-electron chi connectivity index (χ1n) is 6.67. The van der Waals surface area contributed by atoms with E-state index in [0.29, 0.717) is 28.9 Å². The van der Waals surface area contributed by atoms with Gasteiger partial charge in [0, 0.05) is 11.6 Å². The van der Waals surface area contributed by atoms with Gasteiger partial charge in [0.25, 0.3) is 0 Å². The van der Waals surface area contributed by atoms with Gasteiger partial charge in [0.05, 0.1) is 31.5 Å². The highest BCUT2D eigenvalue weighted by atomic mass is 35.5. The monoisotopic (exact) mass is 284 g/mol. The topological polar surface area (TPSA) is 31.0 Å². The fourth-order valence-corrected chi connectivity index (χ4v) is 2.71. The molecule has 1 aromatic rings. The largest absolute Gasteiger partial charge is 0.496 e. The molecule has 4 heteroatoms. The van der Waals surface area contributed by atoms with Gasteiger partial charge in [-0.2, -0.15) is 0 Å². The minimum absolute atomic E-state index is 0.372. The quantitative estimate of drug-likeness (QED) is 0.739. The number of methoxy groups -OCH3 is 2. The summed E-state index contributed by atoms with van der Waals surface area (Å²) in [6.45, 7) is 4.29. The molecule has 0 bridgehead atoms. The Morgan fingerprint density at radius 1 is 1.26 bits per heavy atom. The van der Waals surface area contributed by atoms with Crippen molar-refractivity contribution in [3.05, 3.63) is 22.7 Å². The standard InChI is InChI=1S/C15H21ClO3/c1-5-10(6-13-9(2)19-13)11-7-15(18-4)12(16)8-14(11)17-3/h7-10,13H,5-6H2,1-4H3. The summed E-state index contributed by atoms with van der Waals surface area (Å²) in [7, 11) is 3.30. The smallest absolute Gasteiger partial charge is 0.138 e. The molecule has 1 saturated heterocycles. The fourth-order valence-electron chi connectivity index (χ4n) is 2.47. The van der Waals surface area contributed by atoms with E-state index in [9.17, 15) is 0 Å². The van der Waals surface area contributed by atoms with Crippen LogP contribution in [0.2, 0.25) is 5.02 Å². The average molecular weight is 285 g/mol. The molecule has 1 aromatic carbocycles. The lowest BCUT2D eigenvalue weighted by atomic mass is 9.90. The summed E-state index contributed by atoms with van der Waals surface area (Å²) in [5.74, 6) is 1.92. The van der Waals surface area contributed by atoms with Gasteiger partial charge in [-0.25, -0.2) is 0 Å². The third-order valence-corrected chi connectivity index (χ3v) is 4.09. The predicted molar refractivity (Wildman–Crippen MR) is 76.5 cm³/mol. The second-order valence-electron chi connectivity index (χ2n) is 4.95. The van der Waals surface area contributed by atoms with Crippen LogP contribution >= 0.6 is 11.6 Å². The Bertz CT molecular complexity index is 447. The van der Waals surface area contributed by atoms with Gasteiger partial charge in [0.1, 0.15) is 11.5 Å². The Balaban J connectivity index is 2.28. The van der Waals surface area contributed by atoms with Gasteiger partial charge in [-0.3, -0.25) is 0 Å². The first-order chi connectivity index (χ1) is 9.10. The summed E-state index contributed by atoms with van der Waals surface area (Å²) in [6.07, 6.45) is 2.80. The molecule has 1 fully saturated rings. The van der Waals surface area contributed by atoms with Crippen molar-refractivity contribution in [2.45, 2.75) is 44.8 Å². The Morgan fingerprint density at radius 3 is 2.37 bits per heavy atom. The molecule has 0 radical (unpaired) electrons. The van der Waals surface area contributed by atoms with Gasteiger partial charge in [-0.05, 0) is 31.7 Å². The minimum atomic E-state index is 0.372. The number of rotatable bonds is 6. The first-order valence-corrected chi connectivity index (χ1v) is 7.05. The number of halogens is 1. The second kappa shape index (κ2) is 6.02. The van der Waals surface area contributed by atoms with E-state index in [0.717, 1.165) is 24.2 Å². The third-order valence-electron chi connectivity index (χ3n) is 3.79. The maximum absolute atomic E-state index is 6.14. The molecule has 1 aliphatic rings. The van der Waals surface area contributed by atoms with Crippen molar-refractivity contribution >= 4 is 11.6 Å². The molecule has 0 N–H and O–H groups in total. The molecule has 0 amide bonds. The molecule has 0 aliphatic carbocycles. The molecule has 1 heterocycles. The lowest BCUT2D eigenvalue weighted by molar-refractivity contribution is 0.351. The van der Waals surface area contributed by atoms with E-state index in [2.05, 4.69) is 13.8 Å². The van der Waals surface area contributed by atoms with E-state index in [-0.39, 0.29) is 0 Å². The lowest BCUT2D eigenvalue weighted by Gasteiger charge is -2.19. The molecule has 3 nitrogen and oxygen atoms in total. The van der Waals surface area contributed by atoms with Crippen LogP contribution in [0.15, 0.2) is 12.1 Å². The summed E-state index contributed by atoms with van der Waals surface area (Å²) in [5, 5.41) is 0.578. The molecular formula is C15H21ClO3. The Hall–Kier alpha value is -0.930. The molecule has 19 heavy (non-hydrogen) atoms. The average Bonchev–Trinajstić information content (AvgIpc) is 3.11. The number of epoxide rings is 1. The lowest BCUT2D eigenvalue weighted by Crippen LogP contribution is -2.05. The molecule has 106 valence electrons. The maximum Gasteiger partial charge on any atom is 0.138 e. The van der Waals surface area contributed by atoms with Crippen LogP contribution in [0.5, 0.6) is 11.5 Å². The highest BCUT2D eigenvalue weighted by molar-refractivity contribution is 6.32. The molecule has 0 saturated carbocycles. The maximum atomic E-state index is 6.14. The van der Waals surface area contributed by atoms with Crippen LogP contribution in [0, 0.1) is 0 Å². The van der Waals surface area contributed by atoms with Crippen molar-refractivity contribution in [1.29, 1.82) is 0 Å². The molecule has 0 spiro atoms. The van der Waals surface area contributed by atoms with Crippen molar-refractivity contribution in [1.82, 2.24) is 0 Å². The Kier molecular flexibility index (Phi) is 4.58. The van der Waals surface area contributed by atoms with Gasteiger partial charge < -0.3 is 14.2 Å². The van der Waals surface area contributed by atoms with Crippen molar-refractivity contribution in [2.24, 2.45) is 0 Å². The third kappa shape index (κ3) is 3.15. The molecule has 0 aromatic heterocycles. The summed E-state index contributed by atoms with van der Waals surface area (Å²) in [4.78, 5) is 0. The van der Waals surface area contributed by atoms with Crippen LogP contribution in [-0.4, -0.2) is 26.4 Å². The van der Waals surface area contributed by atoms with E-state index in [4.69, 9.17) is 25.8 Å². The van der Waals surface area contributed by atoms with Gasteiger partial charge >= 0.3 is 0 Å². The predicted octanol–water partition coefficient (Wildman–Crippen LogP) is 4.03. The number of benzene rings is 1. The zero-order valence-corrected chi connectivity index (χ0v) is 12.7. The van der Waals surface area contributed by atoms with Crippen LogP contribution in [0.3, 0.4) is 0 Å². The van der Waals surface area contributed by atoms with Gasteiger partial charge in [0.2, 0.25) is 0 Å². The minimum Gasteiger partial charge on any atom is -0.496 e. The summed E-state index contributed by atoms with van der Waals surface area (Å²) in [5.41, 5.74) is 1.15. The molecular weight excluding hydrogens is 264 g/mol. The highest BCUT2D eigenvalue weighted by Gasteiger charge is 2.36. The number of hydrogen-bond acceptors (Lipinski definition) is 3. The molecule has 2 rings (SSSR count). The number of ether oxygens (including phenoxy) is 3. The van der Waals surface area contributed by atoms with Crippen LogP contribution < -0.4 is 9.47 Å². The van der Waals surface area contributed by atoms with Gasteiger partial charge in [0.15, 0.2) is 0 Å². The van der Waals surface area contributed by atoms with E-state index < -0.39 is 0 Å². The van der Waals surface area contributed by atoms with Crippen LogP contribution in [0.1, 0.15) is 38.2 Å². The Labute approximate surface area is 119 Å². The fraction of sp³-hybridized carbons (Fsp3) is 0.600.